The average Bonchev–Trinajstić information content (AvgIpc) is 1.99. The Morgan fingerprint density at radius 3 is 2.43 bits per heavy atom. The molecule has 3 heteroatoms. The number of hydrogen-bond acceptors (Lipinski definition) is 3. The summed E-state index contributed by atoms with van der Waals surface area (Å²) in [6.07, 6.45) is 0. The van der Waals surface area contributed by atoms with E-state index in [-0.39, 0.29) is 11.4 Å². The van der Waals surface area contributed by atoms with Crippen molar-refractivity contribution in [3.05, 3.63) is 23.8 Å². The first-order valence-corrected chi connectivity index (χ1v) is 4.63. The molecule has 0 amide bonds. The predicted molar refractivity (Wildman–Crippen MR) is 56.4 cm³/mol. The van der Waals surface area contributed by atoms with Gasteiger partial charge in [0, 0.05) is 12.6 Å². The van der Waals surface area contributed by atoms with Crippen LogP contribution in [0.15, 0.2) is 18.2 Å². The Morgan fingerprint density at radius 2 is 1.93 bits per heavy atom. The van der Waals surface area contributed by atoms with E-state index in [9.17, 15) is 5.11 Å². The lowest BCUT2D eigenvalue weighted by Crippen LogP contribution is -2.23. The fourth-order valence-corrected chi connectivity index (χ4v) is 1.17. The lowest BCUT2D eigenvalue weighted by molar-refractivity contribution is 0.130. The van der Waals surface area contributed by atoms with Gasteiger partial charge in [-0.25, -0.2) is 0 Å². The molecule has 1 rings (SSSR count). The van der Waals surface area contributed by atoms with Crippen LogP contribution in [0.25, 0.3) is 0 Å². The summed E-state index contributed by atoms with van der Waals surface area (Å²) in [5.74, 6) is 0.838. The number of phenols is 1. The number of aromatic hydroxyl groups is 1. The summed E-state index contributed by atoms with van der Waals surface area (Å²) < 4.78 is 5.61. The van der Waals surface area contributed by atoms with Gasteiger partial charge in [0.1, 0.15) is 17.1 Å². The predicted octanol–water partition coefficient (Wildman–Crippen LogP) is 2.03. The highest BCUT2D eigenvalue weighted by Crippen LogP contribution is 2.24. The van der Waals surface area contributed by atoms with Crippen LogP contribution < -0.4 is 10.5 Å². The van der Waals surface area contributed by atoms with Gasteiger partial charge in [-0.15, -0.1) is 0 Å². The van der Waals surface area contributed by atoms with E-state index in [1.165, 1.54) is 0 Å². The zero-order valence-corrected chi connectivity index (χ0v) is 8.87. The van der Waals surface area contributed by atoms with Crippen molar-refractivity contribution in [3.63, 3.8) is 0 Å². The monoisotopic (exact) mass is 195 g/mol. The molecule has 0 saturated heterocycles. The second-order valence-corrected chi connectivity index (χ2v) is 4.25. The van der Waals surface area contributed by atoms with E-state index in [1.807, 2.05) is 26.8 Å². The van der Waals surface area contributed by atoms with Crippen molar-refractivity contribution in [2.75, 3.05) is 0 Å². The van der Waals surface area contributed by atoms with Crippen LogP contribution in [0.1, 0.15) is 26.3 Å². The van der Waals surface area contributed by atoms with Gasteiger partial charge < -0.3 is 15.6 Å². The maximum absolute atomic E-state index is 9.39. The van der Waals surface area contributed by atoms with Crippen molar-refractivity contribution in [1.82, 2.24) is 0 Å². The molecular weight excluding hydrogens is 178 g/mol. The van der Waals surface area contributed by atoms with Crippen molar-refractivity contribution < 1.29 is 9.84 Å². The molecule has 0 aliphatic rings. The van der Waals surface area contributed by atoms with Crippen LogP contribution in [0.4, 0.5) is 0 Å². The van der Waals surface area contributed by atoms with Gasteiger partial charge in [0.25, 0.3) is 0 Å². The molecular formula is C11H17NO2. The van der Waals surface area contributed by atoms with Gasteiger partial charge in [0.05, 0.1) is 0 Å². The van der Waals surface area contributed by atoms with Gasteiger partial charge in [-0.2, -0.15) is 0 Å². The fourth-order valence-electron chi connectivity index (χ4n) is 1.17. The van der Waals surface area contributed by atoms with Crippen LogP contribution in [-0.4, -0.2) is 10.7 Å². The van der Waals surface area contributed by atoms with Gasteiger partial charge in [-0.1, -0.05) is 0 Å². The van der Waals surface area contributed by atoms with Crippen LogP contribution in [0.3, 0.4) is 0 Å². The molecule has 0 heterocycles. The molecule has 0 aliphatic carbocycles. The van der Waals surface area contributed by atoms with E-state index in [0.717, 1.165) is 5.56 Å². The second kappa shape index (κ2) is 3.88. The van der Waals surface area contributed by atoms with E-state index >= 15 is 0 Å². The highest BCUT2D eigenvalue weighted by Gasteiger charge is 2.12. The first kappa shape index (κ1) is 10.9. The molecule has 0 atom stereocenters. The molecule has 0 spiro atoms. The highest BCUT2D eigenvalue weighted by atomic mass is 16.5. The number of rotatable bonds is 2. The Morgan fingerprint density at radius 1 is 1.29 bits per heavy atom. The maximum atomic E-state index is 9.39. The number of benzene rings is 1. The molecule has 3 N–H and O–H groups in total. The van der Waals surface area contributed by atoms with Crippen molar-refractivity contribution >= 4 is 0 Å². The number of nitrogens with two attached hydrogens (primary N) is 1. The molecule has 0 unspecified atom stereocenters. The summed E-state index contributed by atoms with van der Waals surface area (Å²) >= 11 is 0. The summed E-state index contributed by atoms with van der Waals surface area (Å²) in [5, 5.41) is 9.39. The minimum Gasteiger partial charge on any atom is -0.508 e. The van der Waals surface area contributed by atoms with E-state index in [0.29, 0.717) is 12.3 Å². The molecule has 0 aliphatic heterocycles. The van der Waals surface area contributed by atoms with Crippen LogP contribution >= 0.6 is 0 Å². The Hall–Kier alpha value is -1.22. The zero-order valence-electron chi connectivity index (χ0n) is 8.87. The standard InChI is InChI=1S/C11H17NO2/c1-11(2,3)14-10-5-8(7-12)4-9(13)6-10/h4-6,13H,7,12H2,1-3H3. The molecule has 1 aromatic rings. The van der Waals surface area contributed by atoms with Gasteiger partial charge >= 0.3 is 0 Å². The first-order valence-electron chi connectivity index (χ1n) is 4.63. The Kier molecular flexibility index (Phi) is 3.01. The van der Waals surface area contributed by atoms with Gasteiger partial charge in [0.15, 0.2) is 0 Å². The Labute approximate surface area is 84.5 Å². The lowest BCUT2D eigenvalue weighted by atomic mass is 10.1. The minimum atomic E-state index is -0.264. The summed E-state index contributed by atoms with van der Waals surface area (Å²) in [7, 11) is 0. The van der Waals surface area contributed by atoms with E-state index in [4.69, 9.17) is 10.5 Å². The van der Waals surface area contributed by atoms with Crippen molar-refractivity contribution in [3.8, 4) is 11.5 Å². The SMILES string of the molecule is CC(C)(C)Oc1cc(O)cc(CN)c1. The number of hydrogen-bond donors (Lipinski definition) is 2. The van der Waals surface area contributed by atoms with Gasteiger partial charge in [-0.05, 0) is 38.5 Å². The minimum absolute atomic E-state index is 0.187. The highest BCUT2D eigenvalue weighted by molar-refractivity contribution is 5.37. The Bertz CT molecular complexity index is 316. The van der Waals surface area contributed by atoms with Crippen molar-refractivity contribution in [2.24, 2.45) is 5.73 Å². The molecule has 0 bridgehead atoms. The summed E-state index contributed by atoms with van der Waals surface area (Å²) in [6, 6.07) is 5.06. The molecule has 0 saturated carbocycles. The normalized spacial score (nSPS) is 11.4. The van der Waals surface area contributed by atoms with E-state index < -0.39 is 0 Å². The molecule has 14 heavy (non-hydrogen) atoms. The third-order valence-corrected chi connectivity index (χ3v) is 1.61. The van der Waals surface area contributed by atoms with Crippen LogP contribution in [0.5, 0.6) is 11.5 Å². The van der Waals surface area contributed by atoms with Crippen molar-refractivity contribution in [1.29, 1.82) is 0 Å². The quantitative estimate of drug-likeness (QED) is 0.759. The third kappa shape index (κ3) is 3.26. The smallest absolute Gasteiger partial charge is 0.124 e. The van der Waals surface area contributed by atoms with Crippen molar-refractivity contribution in [2.45, 2.75) is 32.9 Å². The van der Waals surface area contributed by atoms with Gasteiger partial charge in [0.2, 0.25) is 0 Å². The molecule has 3 nitrogen and oxygen atoms in total. The molecule has 0 fully saturated rings. The molecule has 0 aromatic heterocycles. The summed E-state index contributed by atoms with van der Waals surface area (Å²) in [5.41, 5.74) is 6.09. The van der Waals surface area contributed by atoms with Gasteiger partial charge in [-0.3, -0.25) is 0 Å². The second-order valence-electron chi connectivity index (χ2n) is 4.25. The van der Waals surface area contributed by atoms with Crippen LogP contribution in [-0.2, 0) is 6.54 Å². The van der Waals surface area contributed by atoms with E-state index in [2.05, 4.69) is 0 Å². The fraction of sp³-hybridized carbons (Fsp3) is 0.455. The van der Waals surface area contributed by atoms with Crippen LogP contribution in [0, 0.1) is 0 Å². The largest absolute Gasteiger partial charge is 0.508 e. The van der Waals surface area contributed by atoms with E-state index in [1.54, 1.807) is 12.1 Å². The lowest BCUT2D eigenvalue weighted by Gasteiger charge is -2.21. The molecule has 1 aromatic carbocycles. The first-order chi connectivity index (χ1) is 6.40. The molecule has 78 valence electrons. The maximum Gasteiger partial charge on any atom is 0.124 e. The van der Waals surface area contributed by atoms with Crippen LogP contribution in [0.2, 0.25) is 0 Å². The number of ether oxygens (including phenoxy) is 1. The molecule has 0 radical (unpaired) electrons. The Balaban J connectivity index is 2.92. The zero-order chi connectivity index (χ0) is 10.8. The average molecular weight is 195 g/mol. The third-order valence-electron chi connectivity index (χ3n) is 1.61. The summed E-state index contributed by atoms with van der Waals surface area (Å²) in [6.45, 7) is 6.27. The topological polar surface area (TPSA) is 55.5 Å². The summed E-state index contributed by atoms with van der Waals surface area (Å²) in [4.78, 5) is 0. The number of phenolic OH excluding ortho intramolecular Hbond substituents is 1.